The molecule has 1 aromatic rings. The van der Waals surface area contributed by atoms with E-state index in [1.54, 1.807) is 0 Å². The summed E-state index contributed by atoms with van der Waals surface area (Å²) in [5.74, 6) is -2.79. The molecule has 1 unspecified atom stereocenters. The fraction of sp³-hybridized carbons (Fsp3) is 0.273. The first-order chi connectivity index (χ1) is 8.47. The van der Waals surface area contributed by atoms with Crippen LogP contribution in [0.5, 0.6) is 0 Å². The lowest BCUT2D eigenvalue weighted by Gasteiger charge is -2.11. The van der Waals surface area contributed by atoms with Gasteiger partial charge in [-0.3, -0.25) is 9.59 Å². The van der Waals surface area contributed by atoms with Gasteiger partial charge in [-0.25, -0.2) is 8.78 Å². The largest absolute Gasteiger partial charge is 0.394 e. The molecule has 1 aromatic carbocycles. The normalized spacial score (nSPS) is 18.6. The van der Waals surface area contributed by atoms with Crippen LogP contribution < -0.4 is 16.4 Å². The molecule has 2 amide bonds. The summed E-state index contributed by atoms with van der Waals surface area (Å²) in [4.78, 5) is 22.6. The van der Waals surface area contributed by atoms with Crippen LogP contribution in [0, 0.1) is 11.6 Å². The number of nitrogens with one attached hydrogen (secondary N) is 2. The molecular formula is C11H11F2N3O2. The summed E-state index contributed by atoms with van der Waals surface area (Å²) in [7, 11) is 0. The number of anilines is 1. The van der Waals surface area contributed by atoms with Crippen molar-refractivity contribution in [3.63, 3.8) is 0 Å². The zero-order valence-electron chi connectivity index (χ0n) is 9.30. The van der Waals surface area contributed by atoms with Gasteiger partial charge in [0.2, 0.25) is 5.91 Å². The van der Waals surface area contributed by atoms with Crippen LogP contribution in [0.4, 0.5) is 14.5 Å². The first kappa shape index (κ1) is 12.3. The predicted octanol–water partition coefficient (Wildman–Crippen LogP) is 0.165. The monoisotopic (exact) mass is 255 g/mol. The van der Waals surface area contributed by atoms with E-state index in [4.69, 9.17) is 5.73 Å². The Labute approximate surface area is 101 Å². The van der Waals surface area contributed by atoms with E-state index in [2.05, 4.69) is 10.6 Å². The summed E-state index contributed by atoms with van der Waals surface area (Å²) in [5, 5.41) is 5.04. The molecule has 5 nitrogen and oxygen atoms in total. The minimum atomic E-state index is -0.985. The summed E-state index contributed by atoms with van der Waals surface area (Å²) < 4.78 is 26.3. The third kappa shape index (κ3) is 2.39. The molecule has 96 valence electrons. The van der Waals surface area contributed by atoms with Crippen LogP contribution in [0.2, 0.25) is 0 Å². The minimum Gasteiger partial charge on any atom is -0.394 e. The van der Waals surface area contributed by atoms with Crippen molar-refractivity contribution in [1.29, 1.82) is 0 Å². The van der Waals surface area contributed by atoms with E-state index >= 15 is 0 Å². The van der Waals surface area contributed by atoms with Gasteiger partial charge in [0.25, 0.3) is 5.91 Å². The lowest BCUT2D eigenvalue weighted by atomic mass is 10.1. The molecule has 1 aliphatic heterocycles. The molecule has 1 saturated heterocycles. The molecule has 4 N–H and O–H groups in total. The summed E-state index contributed by atoms with van der Waals surface area (Å²) in [6.07, 6.45) is 0.158. The van der Waals surface area contributed by atoms with Gasteiger partial charge in [0, 0.05) is 18.5 Å². The molecule has 18 heavy (non-hydrogen) atoms. The minimum absolute atomic E-state index is 0.158. The fourth-order valence-electron chi connectivity index (χ4n) is 1.69. The highest BCUT2D eigenvalue weighted by atomic mass is 19.1. The summed E-state index contributed by atoms with van der Waals surface area (Å²) in [6, 6.07) is 1.35. The van der Waals surface area contributed by atoms with Crippen LogP contribution in [0.15, 0.2) is 12.1 Å². The Morgan fingerprint density at radius 2 is 2.00 bits per heavy atom. The van der Waals surface area contributed by atoms with Crippen LogP contribution in [0.3, 0.4) is 0 Å². The molecule has 0 radical (unpaired) electrons. The van der Waals surface area contributed by atoms with Crippen LogP contribution in [0.25, 0.3) is 0 Å². The van der Waals surface area contributed by atoms with Crippen LogP contribution >= 0.6 is 0 Å². The number of hydrogen-bond donors (Lipinski definition) is 3. The Morgan fingerprint density at radius 1 is 1.39 bits per heavy atom. The van der Waals surface area contributed by atoms with E-state index in [1.807, 2.05) is 0 Å². The van der Waals surface area contributed by atoms with Gasteiger partial charge in [-0.1, -0.05) is 0 Å². The van der Waals surface area contributed by atoms with Crippen molar-refractivity contribution in [3.8, 4) is 0 Å². The maximum Gasteiger partial charge on any atom is 0.251 e. The first-order valence-corrected chi connectivity index (χ1v) is 5.29. The van der Waals surface area contributed by atoms with Crippen molar-refractivity contribution in [2.24, 2.45) is 0 Å². The van der Waals surface area contributed by atoms with E-state index in [0.717, 1.165) is 12.1 Å². The van der Waals surface area contributed by atoms with Crippen LogP contribution in [-0.4, -0.2) is 24.4 Å². The van der Waals surface area contributed by atoms with Crippen molar-refractivity contribution >= 4 is 17.5 Å². The highest BCUT2D eigenvalue weighted by Gasteiger charge is 2.24. The number of carbonyl (C=O) groups is 2. The van der Waals surface area contributed by atoms with Crippen molar-refractivity contribution in [2.45, 2.75) is 12.5 Å². The number of nitrogen functional groups attached to an aromatic ring is 1. The fourth-order valence-corrected chi connectivity index (χ4v) is 1.69. The molecule has 7 heteroatoms. The quantitative estimate of drug-likeness (QED) is 0.658. The van der Waals surface area contributed by atoms with Crippen molar-refractivity contribution in [3.05, 3.63) is 29.3 Å². The topological polar surface area (TPSA) is 84.2 Å². The van der Waals surface area contributed by atoms with E-state index < -0.39 is 23.2 Å². The van der Waals surface area contributed by atoms with E-state index in [9.17, 15) is 18.4 Å². The van der Waals surface area contributed by atoms with Gasteiger partial charge >= 0.3 is 0 Å². The van der Waals surface area contributed by atoms with Gasteiger partial charge in [-0.15, -0.1) is 0 Å². The van der Waals surface area contributed by atoms with Gasteiger partial charge in [0.15, 0.2) is 0 Å². The number of hydrogen-bond acceptors (Lipinski definition) is 3. The van der Waals surface area contributed by atoms with Gasteiger partial charge in [0.05, 0.1) is 6.04 Å². The molecule has 0 bridgehead atoms. The Bertz CT molecular complexity index is 496. The second kappa shape index (κ2) is 4.59. The Balaban J connectivity index is 2.12. The van der Waals surface area contributed by atoms with Gasteiger partial charge < -0.3 is 16.4 Å². The third-order valence-corrected chi connectivity index (χ3v) is 2.65. The second-order valence-corrected chi connectivity index (χ2v) is 4.03. The predicted molar refractivity (Wildman–Crippen MR) is 59.7 cm³/mol. The second-order valence-electron chi connectivity index (χ2n) is 4.03. The smallest absolute Gasteiger partial charge is 0.251 e. The number of carbonyl (C=O) groups excluding carboxylic acids is 2. The van der Waals surface area contributed by atoms with E-state index in [-0.39, 0.29) is 23.9 Å². The van der Waals surface area contributed by atoms with Crippen molar-refractivity contribution in [2.75, 3.05) is 12.3 Å². The molecule has 0 aliphatic carbocycles. The lowest BCUT2D eigenvalue weighted by Crippen LogP contribution is -2.36. The van der Waals surface area contributed by atoms with Gasteiger partial charge in [0.1, 0.15) is 17.3 Å². The standard InChI is InChI=1S/C11H11F2N3O2/c12-7-1-5(2-8(13)10(7)14)11(18)16-6-3-9(17)15-4-6/h1-2,6H,3-4,14H2,(H,15,17)(H,16,18). The van der Waals surface area contributed by atoms with E-state index in [0.29, 0.717) is 6.54 Å². The lowest BCUT2D eigenvalue weighted by molar-refractivity contribution is -0.119. The van der Waals surface area contributed by atoms with Gasteiger partial charge in [-0.05, 0) is 12.1 Å². The SMILES string of the molecule is Nc1c(F)cc(C(=O)NC2CNC(=O)C2)cc1F. The van der Waals surface area contributed by atoms with E-state index in [1.165, 1.54) is 0 Å². The maximum atomic E-state index is 13.2. The van der Waals surface area contributed by atoms with Crippen LogP contribution in [-0.2, 0) is 4.79 Å². The number of halogens is 2. The van der Waals surface area contributed by atoms with Crippen molar-refractivity contribution in [1.82, 2.24) is 10.6 Å². The molecule has 0 spiro atoms. The Kier molecular flexibility index (Phi) is 3.14. The summed E-state index contributed by atoms with van der Waals surface area (Å²) in [5.41, 5.74) is 4.31. The molecule has 1 atom stereocenters. The van der Waals surface area contributed by atoms with Crippen LogP contribution in [0.1, 0.15) is 16.8 Å². The summed E-state index contributed by atoms with van der Waals surface area (Å²) >= 11 is 0. The number of rotatable bonds is 2. The average Bonchev–Trinajstić information content (AvgIpc) is 2.71. The third-order valence-electron chi connectivity index (χ3n) is 2.65. The summed E-state index contributed by atoms with van der Waals surface area (Å²) in [6.45, 7) is 0.310. The molecule has 0 saturated carbocycles. The van der Waals surface area contributed by atoms with Gasteiger partial charge in [-0.2, -0.15) is 0 Å². The maximum absolute atomic E-state index is 13.2. The zero-order chi connectivity index (χ0) is 13.3. The zero-order valence-corrected chi connectivity index (χ0v) is 9.30. The first-order valence-electron chi connectivity index (χ1n) is 5.29. The molecule has 1 fully saturated rings. The number of benzene rings is 1. The number of nitrogens with two attached hydrogens (primary N) is 1. The Morgan fingerprint density at radius 3 is 2.50 bits per heavy atom. The molecule has 1 heterocycles. The number of amides is 2. The molecule has 2 rings (SSSR count). The Hall–Kier alpha value is -2.18. The molecular weight excluding hydrogens is 244 g/mol. The molecule has 0 aromatic heterocycles. The highest BCUT2D eigenvalue weighted by Crippen LogP contribution is 2.17. The molecule has 1 aliphatic rings. The average molecular weight is 255 g/mol. The van der Waals surface area contributed by atoms with Crippen molar-refractivity contribution < 1.29 is 18.4 Å². The highest BCUT2D eigenvalue weighted by molar-refractivity contribution is 5.95.